The second kappa shape index (κ2) is 7.82. The first kappa shape index (κ1) is 18.7. The maximum atomic E-state index is 12.9. The van der Waals surface area contributed by atoms with Crippen molar-refractivity contribution in [3.05, 3.63) is 68.0 Å². The molecule has 3 aromatic rings. The molecule has 29 heavy (non-hydrogen) atoms. The zero-order valence-electron chi connectivity index (χ0n) is 16.1. The van der Waals surface area contributed by atoms with Gasteiger partial charge in [0, 0.05) is 16.3 Å². The van der Waals surface area contributed by atoms with E-state index >= 15 is 0 Å². The van der Waals surface area contributed by atoms with Crippen LogP contribution < -0.4 is 14.8 Å². The first-order chi connectivity index (χ1) is 14.2. The Morgan fingerprint density at radius 2 is 2.10 bits per heavy atom. The molecular formula is C22H22N2O3S2. The van der Waals surface area contributed by atoms with Crippen molar-refractivity contribution in [2.24, 2.45) is 0 Å². The van der Waals surface area contributed by atoms with Gasteiger partial charge < -0.3 is 14.8 Å². The number of amides is 1. The Hall–Kier alpha value is -2.35. The molecule has 0 radical (unpaired) electrons. The summed E-state index contributed by atoms with van der Waals surface area (Å²) in [5, 5.41) is 7.42. The lowest BCUT2D eigenvalue weighted by molar-refractivity contribution is -0.123. The zero-order valence-corrected chi connectivity index (χ0v) is 17.7. The van der Waals surface area contributed by atoms with E-state index in [2.05, 4.69) is 39.2 Å². The van der Waals surface area contributed by atoms with E-state index in [1.54, 1.807) is 11.3 Å². The van der Waals surface area contributed by atoms with E-state index in [1.807, 2.05) is 36.5 Å². The van der Waals surface area contributed by atoms with Gasteiger partial charge in [0.1, 0.15) is 0 Å². The Kier molecular flexibility index (Phi) is 5.03. The van der Waals surface area contributed by atoms with E-state index in [4.69, 9.17) is 9.47 Å². The van der Waals surface area contributed by atoms with Gasteiger partial charge in [-0.15, -0.1) is 22.7 Å². The molecule has 0 spiro atoms. The number of benzene rings is 1. The highest BCUT2D eigenvalue weighted by Crippen LogP contribution is 2.39. The molecule has 1 aromatic carbocycles. The van der Waals surface area contributed by atoms with E-state index in [0.29, 0.717) is 6.54 Å². The van der Waals surface area contributed by atoms with Crippen LogP contribution in [0, 0.1) is 0 Å². The first-order valence-corrected chi connectivity index (χ1v) is 11.5. The van der Waals surface area contributed by atoms with Crippen LogP contribution in [-0.2, 0) is 11.2 Å². The third-order valence-electron chi connectivity index (χ3n) is 5.50. The minimum atomic E-state index is -0.0984. The van der Waals surface area contributed by atoms with Crippen molar-refractivity contribution in [1.29, 1.82) is 0 Å². The molecule has 4 heterocycles. The zero-order chi connectivity index (χ0) is 19.8. The standard InChI is InChI=1S/C22H22N2O3S2/c1-14(15-4-5-17-18(11-15)27-13-26-17)23-21(25)12-24-8-6-19-16(7-10-29-19)22(24)20-3-2-9-28-20/h2-5,7,9-11,14,22H,6,8,12-13H2,1H3,(H,23,25)/t14-,22-/m1/s1. The number of thiophene rings is 2. The smallest absolute Gasteiger partial charge is 0.234 e. The van der Waals surface area contributed by atoms with E-state index in [1.165, 1.54) is 15.3 Å². The number of nitrogens with zero attached hydrogens (tertiary/aromatic N) is 1. The van der Waals surface area contributed by atoms with Crippen molar-refractivity contribution in [1.82, 2.24) is 10.2 Å². The third-order valence-corrected chi connectivity index (χ3v) is 7.42. The SMILES string of the molecule is C[C@@H](NC(=O)CN1CCc2sccc2[C@@H]1c1cccs1)c1ccc2c(c1)OCO2. The summed E-state index contributed by atoms with van der Waals surface area (Å²) in [5.74, 6) is 1.53. The number of ether oxygens (including phenoxy) is 2. The van der Waals surface area contributed by atoms with Gasteiger partial charge in [-0.3, -0.25) is 9.69 Å². The highest BCUT2D eigenvalue weighted by Gasteiger charge is 2.31. The van der Waals surface area contributed by atoms with Crippen molar-refractivity contribution in [3.8, 4) is 11.5 Å². The fourth-order valence-electron chi connectivity index (χ4n) is 4.06. The van der Waals surface area contributed by atoms with Crippen molar-refractivity contribution in [2.75, 3.05) is 19.9 Å². The summed E-state index contributed by atoms with van der Waals surface area (Å²) in [6.45, 7) is 3.52. The van der Waals surface area contributed by atoms with E-state index < -0.39 is 0 Å². The molecule has 1 amide bonds. The van der Waals surface area contributed by atoms with Crippen LogP contribution in [0.3, 0.4) is 0 Å². The molecule has 5 rings (SSSR count). The predicted molar refractivity (Wildman–Crippen MR) is 115 cm³/mol. The molecule has 0 unspecified atom stereocenters. The number of rotatable bonds is 5. The monoisotopic (exact) mass is 426 g/mol. The molecular weight excluding hydrogens is 404 g/mol. The number of carbonyl (C=O) groups is 1. The molecule has 0 aliphatic carbocycles. The lowest BCUT2D eigenvalue weighted by Crippen LogP contribution is -2.43. The summed E-state index contributed by atoms with van der Waals surface area (Å²) in [4.78, 5) is 17.9. The minimum Gasteiger partial charge on any atom is -0.454 e. The summed E-state index contributed by atoms with van der Waals surface area (Å²) < 4.78 is 10.8. The van der Waals surface area contributed by atoms with Crippen LogP contribution in [0.25, 0.3) is 0 Å². The average Bonchev–Trinajstić information content (AvgIpc) is 3.47. The van der Waals surface area contributed by atoms with E-state index in [0.717, 1.165) is 30.0 Å². The summed E-state index contributed by atoms with van der Waals surface area (Å²) in [7, 11) is 0. The average molecular weight is 427 g/mol. The molecule has 1 N–H and O–H groups in total. The molecule has 0 fully saturated rings. The molecule has 2 aliphatic heterocycles. The van der Waals surface area contributed by atoms with Crippen LogP contribution in [0.1, 0.15) is 39.9 Å². The Labute approximate surface area is 177 Å². The molecule has 5 nitrogen and oxygen atoms in total. The lowest BCUT2D eigenvalue weighted by atomic mass is 9.98. The molecule has 2 aromatic heterocycles. The van der Waals surface area contributed by atoms with Crippen LogP contribution in [0.4, 0.5) is 0 Å². The van der Waals surface area contributed by atoms with E-state index in [-0.39, 0.29) is 24.8 Å². The van der Waals surface area contributed by atoms with Gasteiger partial charge in [-0.1, -0.05) is 12.1 Å². The van der Waals surface area contributed by atoms with Crippen LogP contribution in [0.2, 0.25) is 0 Å². The summed E-state index contributed by atoms with van der Waals surface area (Å²) in [5.41, 5.74) is 2.36. The lowest BCUT2D eigenvalue weighted by Gasteiger charge is -2.35. The van der Waals surface area contributed by atoms with Gasteiger partial charge in [0.15, 0.2) is 11.5 Å². The van der Waals surface area contributed by atoms with Gasteiger partial charge in [0.25, 0.3) is 0 Å². The number of hydrogen-bond acceptors (Lipinski definition) is 6. The van der Waals surface area contributed by atoms with Crippen LogP contribution >= 0.6 is 22.7 Å². The fourth-order valence-corrected chi connectivity index (χ4v) is 5.84. The molecule has 2 atom stereocenters. The Morgan fingerprint density at radius 3 is 2.97 bits per heavy atom. The number of fused-ring (bicyclic) bond motifs is 2. The normalized spacial score (nSPS) is 19.0. The van der Waals surface area contributed by atoms with Gasteiger partial charge in [0.05, 0.1) is 18.6 Å². The number of nitrogens with one attached hydrogen (secondary N) is 1. The van der Waals surface area contributed by atoms with Crippen molar-refractivity contribution < 1.29 is 14.3 Å². The molecule has 0 saturated heterocycles. The second-order valence-electron chi connectivity index (χ2n) is 7.34. The first-order valence-electron chi connectivity index (χ1n) is 9.71. The molecule has 0 saturated carbocycles. The third kappa shape index (κ3) is 3.66. The molecule has 2 aliphatic rings. The summed E-state index contributed by atoms with van der Waals surface area (Å²) in [6.07, 6.45) is 1.000. The fraction of sp³-hybridized carbons (Fsp3) is 0.318. The minimum absolute atomic E-state index is 0.0374. The van der Waals surface area contributed by atoms with Crippen LogP contribution in [0.15, 0.2) is 47.2 Å². The Balaban J connectivity index is 1.30. The molecule has 150 valence electrons. The maximum absolute atomic E-state index is 12.9. The number of hydrogen-bond donors (Lipinski definition) is 1. The topological polar surface area (TPSA) is 50.8 Å². The predicted octanol–water partition coefficient (Wildman–Crippen LogP) is 4.36. The highest BCUT2D eigenvalue weighted by molar-refractivity contribution is 7.10. The van der Waals surface area contributed by atoms with Gasteiger partial charge in [-0.2, -0.15) is 0 Å². The van der Waals surface area contributed by atoms with Crippen molar-refractivity contribution in [2.45, 2.75) is 25.4 Å². The Morgan fingerprint density at radius 1 is 1.21 bits per heavy atom. The van der Waals surface area contributed by atoms with Gasteiger partial charge in [-0.25, -0.2) is 0 Å². The highest BCUT2D eigenvalue weighted by atomic mass is 32.1. The Bertz CT molecular complexity index is 1020. The largest absolute Gasteiger partial charge is 0.454 e. The molecule has 7 heteroatoms. The number of carbonyl (C=O) groups excluding carboxylic acids is 1. The van der Waals surface area contributed by atoms with Gasteiger partial charge in [0.2, 0.25) is 12.7 Å². The van der Waals surface area contributed by atoms with Gasteiger partial charge >= 0.3 is 0 Å². The van der Waals surface area contributed by atoms with Crippen LogP contribution in [0.5, 0.6) is 11.5 Å². The van der Waals surface area contributed by atoms with E-state index in [9.17, 15) is 4.79 Å². The summed E-state index contributed by atoms with van der Waals surface area (Å²) in [6, 6.07) is 12.4. The second-order valence-corrected chi connectivity index (χ2v) is 9.32. The maximum Gasteiger partial charge on any atom is 0.234 e. The van der Waals surface area contributed by atoms with Gasteiger partial charge in [-0.05, 0) is 59.5 Å². The van der Waals surface area contributed by atoms with Crippen molar-refractivity contribution >= 4 is 28.6 Å². The summed E-state index contributed by atoms with van der Waals surface area (Å²) >= 11 is 3.58. The quantitative estimate of drug-likeness (QED) is 0.659. The van der Waals surface area contributed by atoms with Crippen molar-refractivity contribution in [3.63, 3.8) is 0 Å². The molecule has 0 bridgehead atoms. The van der Waals surface area contributed by atoms with Crippen LogP contribution in [-0.4, -0.2) is 30.7 Å².